The molecule has 4 heterocycles. The molecule has 3 N–H and O–H groups in total. The first-order valence-electron chi connectivity index (χ1n) is 6.57. The maximum atomic E-state index is 12.0. The zero-order chi connectivity index (χ0) is 15.6. The fourth-order valence-electron chi connectivity index (χ4n) is 3.10. The highest BCUT2D eigenvalue weighted by Crippen LogP contribution is 2.54. The molecule has 0 spiro atoms. The molecule has 0 unspecified atom stereocenters. The summed E-state index contributed by atoms with van der Waals surface area (Å²) in [6.45, 7) is 1.00. The van der Waals surface area contributed by atoms with E-state index in [-0.39, 0.29) is 5.82 Å². The molecule has 11 nitrogen and oxygen atoms in total. The average Bonchev–Trinajstić information content (AvgIpc) is 3.12. The van der Waals surface area contributed by atoms with Crippen molar-refractivity contribution in [2.24, 2.45) is 0 Å². The Labute approximate surface area is 121 Å². The van der Waals surface area contributed by atoms with E-state index in [9.17, 15) is 19.8 Å². The molecule has 2 aliphatic heterocycles. The summed E-state index contributed by atoms with van der Waals surface area (Å²) < 4.78 is 8.23. The molecule has 4 rings (SSSR count). The Kier molecular flexibility index (Phi) is 2.47. The Morgan fingerprint density at radius 2 is 2.27 bits per heavy atom. The minimum Gasteiger partial charge on any atom is -0.393 e. The largest absolute Gasteiger partial charge is 0.393 e. The van der Waals surface area contributed by atoms with E-state index in [0.29, 0.717) is 5.56 Å². The standard InChI is InChI=1S/C11H12N6O5/c1-4-2-16(10(21)12-7(4)20)8-5-6(19)11(3-18,22-8)9-13-14-15-17(5)9/h2,5-6,8,18-19H,3H2,1H3,(H,12,20,21)/t5-,6+,8-,11-/m1/s1. The topological polar surface area (TPSA) is 148 Å². The van der Waals surface area contributed by atoms with Crippen molar-refractivity contribution in [3.8, 4) is 0 Å². The van der Waals surface area contributed by atoms with Crippen LogP contribution in [0.3, 0.4) is 0 Å². The van der Waals surface area contributed by atoms with Crippen LogP contribution >= 0.6 is 0 Å². The second-order valence-electron chi connectivity index (χ2n) is 5.42. The Morgan fingerprint density at radius 3 is 3.00 bits per heavy atom. The third-order valence-electron chi connectivity index (χ3n) is 4.23. The summed E-state index contributed by atoms with van der Waals surface area (Å²) in [6.07, 6.45) is -0.741. The van der Waals surface area contributed by atoms with E-state index in [0.717, 1.165) is 4.57 Å². The molecule has 0 amide bonds. The summed E-state index contributed by atoms with van der Waals surface area (Å²) in [5.74, 6) is 0.206. The van der Waals surface area contributed by atoms with Gasteiger partial charge in [-0.05, 0) is 17.4 Å². The van der Waals surface area contributed by atoms with Gasteiger partial charge in [0.2, 0.25) is 0 Å². The van der Waals surface area contributed by atoms with E-state index < -0.39 is 41.8 Å². The van der Waals surface area contributed by atoms with Crippen LogP contribution in [0.4, 0.5) is 0 Å². The summed E-state index contributed by atoms with van der Waals surface area (Å²) in [7, 11) is 0. The van der Waals surface area contributed by atoms with Gasteiger partial charge in [0.15, 0.2) is 17.7 Å². The highest BCUT2D eigenvalue weighted by Gasteiger charge is 2.66. The van der Waals surface area contributed by atoms with E-state index in [1.807, 2.05) is 0 Å². The minimum atomic E-state index is -1.48. The molecular formula is C11H12N6O5. The number of aliphatic hydroxyl groups is 2. The molecule has 2 aliphatic rings. The van der Waals surface area contributed by atoms with E-state index in [1.165, 1.54) is 10.9 Å². The lowest BCUT2D eigenvalue weighted by atomic mass is 9.99. The van der Waals surface area contributed by atoms with Crippen molar-refractivity contribution in [1.82, 2.24) is 29.8 Å². The van der Waals surface area contributed by atoms with Crippen molar-refractivity contribution in [3.05, 3.63) is 38.4 Å². The van der Waals surface area contributed by atoms with Crippen LogP contribution < -0.4 is 11.2 Å². The summed E-state index contributed by atoms with van der Waals surface area (Å²) >= 11 is 0. The lowest BCUT2D eigenvalue weighted by molar-refractivity contribution is -0.146. The van der Waals surface area contributed by atoms with Crippen molar-refractivity contribution < 1.29 is 14.9 Å². The number of hydrogen-bond donors (Lipinski definition) is 3. The molecule has 22 heavy (non-hydrogen) atoms. The highest BCUT2D eigenvalue weighted by atomic mass is 16.6. The predicted molar refractivity (Wildman–Crippen MR) is 67.8 cm³/mol. The fraction of sp³-hybridized carbons (Fsp3) is 0.545. The molecule has 1 fully saturated rings. The van der Waals surface area contributed by atoms with Crippen molar-refractivity contribution in [2.45, 2.75) is 30.9 Å². The third kappa shape index (κ3) is 1.37. The Morgan fingerprint density at radius 1 is 1.50 bits per heavy atom. The highest BCUT2D eigenvalue weighted by molar-refractivity contribution is 5.20. The zero-order valence-corrected chi connectivity index (χ0v) is 11.4. The number of nitrogens with zero attached hydrogens (tertiary/aromatic N) is 5. The molecule has 4 atom stereocenters. The Bertz CT molecular complexity index is 870. The SMILES string of the molecule is Cc1cn([C@@H]2O[C@@]3(CO)c4nnnn4[C@@H]2[C@@H]3O)c(=O)[nH]c1=O. The van der Waals surface area contributed by atoms with Gasteiger partial charge in [-0.3, -0.25) is 14.3 Å². The van der Waals surface area contributed by atoms with Gasteiger partial charge in [-0.1, -0.05) is 0 Å². The van der Waals surface area contributed by atoms with Gasteiger partial charge in [-0.25, -0.2) is 9.48 Å². The third-order valence-corrected chi connectivity index (χ3v) is 4.23. The van der Waals surface area contributed by atoms with Gasteiger partial charge >= 0.3 is 5.69 Å². The number of aromatic amines is 1. The smallest absolute Gasteiger partial charge is 0.330 e. The molecule has 0 saturated carbocycles. The van der Waals surface area contributed by atoms with Gasteiger partial charge in [0.1, 0.15) is 12.1 Å². The van der Waals surface area contributed by atoms with Crippen molar-refractivity contribution in [1.29, 1.82) is 0 Å². The van der Waals surface area contributed by atoms with Crippen LogP contribution in [-0.4, -0.2) is 52.7 Å². The number of ether oxygens (including phenoxy) is 1. The lowest BCUT2D eigenvalue weighted by Gasteiger charge is -2.28. The molecule has 11 heteroatoms. The molecule has 0 aliphatic carbocycles. The van der Waals surface area contributed by atoms with Crippen LogP contribution in [0.15, 0.2) is 15.8 Å². The number of aliphatic hydroxyl groups excluding tert-OH is 2. The fourth-order valence-corrected chi connectivity index (χ4v) is 3.10. The molecule has 2 bridgehead atoms. The van der Waals surface area contributed by atoms with Gasteiger partial charge in [0.25, 0.3) is 5.56 Å². The van der Waals surface area contributed by atoms with Crippen molar-refractivity contribution >= 4 is 0 Å². The van der Waals surface area contributed by atoms with E-state index in [4.69, 9.17) is 4.74 Å². The number of fused-ring (bicyclic) bond motifs is 5. The van der Waals surface area contributed by atoms with Crippen molar-refractivity contribution in [3.63, 3.8) is 0 Å². The Hall–Kier alpha value is -2.37. The van der Waals surface area contributed by atoms with Crippen LogP contribution in [0.2, 0.25) is 0 Å². The van der Waals surface area contributed by atoms with E-state index in [2.05, 4.69) is 20.5 Å². The number of nitrogens with one attached hydrogen (secondary N) is 1. The second kappa shape index (κ2) is 4.09. The molecule has 0 radical (unpaired) electrons. The Balaban J connectivity index is 1.90. The number of tetrazole rings is 1. The van der Waals surface area contributed by atoms with Crippen LogP contribution in [0.25, 0.3) is 0 Å². The maximum Gasteiger partial charge on any atom is 0.330 e. The van der Waals surface area contributed by atoms with Crippen LogP contribution in [0.1, 0.15) is 23.7 Å². The number of aryl methyl sites for hydroxylation is 1. The summed E-state index contributed by atoms with van der Waals surface area (Å²) in [5, 5.41) is 31.2. The molecule has 2 aromatic heterocycles. The summed E-state index contributed by atoms with van der Waals surface area (Å²) in [5.41, 5.74) is -2.34. The van der Waals surface area contributed by atoms with Gasteiger partial charge in [0, 0.05) is 11.8 Å². The minimum absolute atomic E-state index is 0.206. The predicted octanol–water partition coefficient (Wildman–Crippen LogP) is -2.84. The number of aromatic nitrogens is 6. The molecule has 1 saturated heterocycles. The molecule has 0 aromatic carbocycles. The quantitative estimate of drug-likeness (QED) is 0.537. The lowest BCUT2D eigenvalue weighted by Crippen LogP contribution is -2.41. The monoisotopic (exact) mass is 308 g/mol. The number of rotatable bonds is 2. The normalized spacial score (nSPS) is 32.4. The first-order valence-corrected chi connectivity index (χ1v) is 6.57. The van der Waals surface area contributed by atoms with Crippen LogP contribution in [0, 0.1) is 6.92 Å². The summed E-state index contributed by atoms with van der Waals surface area (Å²) in [6, 6.07) is -0.778. The van der Waals surface area contributed by atoms with Gasteiger partial charge < -0.3 is 14.9 Å². The first-order chi connectivity index (χ1) is 10.5. The van der Waals surface area contributed by atoms with Gasteiger partial charge in [0.05, 0.1) is 6.61 Å². The second-order valence-corrected chi connectivity index (χ2v) is 5.42. The van der Waals surface area contributed by atoms with Gasteiger partial charge in [-0.2, -0.15) is 0 Å². The van der Waals surface area contributed by atoms with E-state index >= 15 is 0 Å². The summed E-state index contributed by atoms with van der Waals surface area (Å²) in [4.78, 5) is 25.7. The number of hydrogen-bond acceptors (Lipinski definition) is 8. The van der Waals surface area contributed by atoms with Crippen LogP contribution in [0.5, 0.6) is 0 Å². The molecular weight excluding hydrogens is 296 g/mol. The van der Waals surface area contributed by atoms with Gasteiger partial charge in [-0.15, -0.1) is 5.10 Å². The molecule has 116 valence electrons. The maximum absolute atomic E-state index is 12.0. The average molecular weight is 308 g/mol. The molecule has 2 aromatic rings. The number of H-pyrrole nitrogens is 1. The zero-order valence-electron chi connectivity index (χ0n) is 11.4. The van der Waals surface area contributed by atoms with Crippen LogP contribution in [-0.2, 0) is 10.3 Å². The van der Waals surface area contributed by atoms with Crippen molar-refractivity contribution in [2.75, 3.05) is 6.61 Å². The van der Waals surface area contributed by atoms with E-state index in [1.54, 1.807) is 6.92 Å². The first kappa shape index (κ1) is 13.3.